The molecule has 0 unspecified atom stereocenters. The quantitative estimate of drug-likeness (QED) is 0.353. The highest BCUT2D eigenvalue weighted by Crippen LogP contribution is 2.27. The molecule has 0 saturated heterocycles. The highest BCUT2D eigenvalue weighted by Gasteiger charge is 2.15. The zero-order chi connectivity index (χ0) is 21.5. The number of amides is 1. The fraction of sp³-hybridized carbons (Fsp3) is 0.182. The van der Waals surface area contributed by atoms with Crippen molar-refractivity contribution in [1.82, 2.24) is 15.2 Å². The molecule has 0 spiro atoms. The number of carbonyl (C=O) groups excluding carboxylic acids is 1. The van der Waals surface area contributed by atoms with Gasteiger partial charge in [-0.2, -0.15) is 10.2 Å². The van der Waals surface area contributed by atoms with Gasteiger partial charge in [0, 0.05) is 11.9 Å². The van der Waals surface area contributed by atoms with E-state index in [0.29, 0.717) is 41.0 Å². The van der Waals surface area contributed by atoms with Gasteiger partial charge < -0.3 is 9.47 Å². The largest absolute Gasteiger partial charge is 0.493 e. The Morgan fingerprint density at radius 2 is 2.00 bits per heavy atom. The van der Waals surface area contributed by atoms with E-state index in [0.717, 1.165) is 0 Å². The average molecular weight is 406 g/mol. The molecule has 1 N–H and O–H groups in total. The van der Waals surface area contributed by atoms with Crippen LogP contribution in [0.5, 0.6) is 11.5 Å². The Morgan fingerprint density at radius 3 is 2.70 bits per heavy atom. The number of rotatable bonds is 8. The van der Waals surface area contributed by atoms with Gasteiger partial charge in [0.1, 0.15) is 6.61 Å². The van der Waals surface area contributed by atoms with Gasteiger partial charge in [0.05, 0.1) is 18.7 Å². The molecule has 0 saturated carbocycles. The van der Waals surface area contributed by atoms with E-state index in [4.69, 9.17) is 9.47 Å². The molecule has 30 heavy (non-hydrogen) atoms. The lowest BCUT2D eigenvalue weighted by Crippen LogP contribution is -2.28. The van der Waals surface area contributed by atoms with Gasteiger partial charge in [-0.25, -0.2) is 10.1 Å². The molecule has 1 aromatic heterocycles. The van der Waals surface area contributed by atoms with Crippen LogP contribution in [0, 0.1) is 0 Å². The van der Waals surface area contributed by atoms with Crippen LogP contribution >= 0.6 is 0 Å². The van der Waals surface area contributed by atoms with Crippen LogP contribution in [0.15, 0.2) is 65.0 Å². The monoisotopic (exact) mass is 406 g/mol. The van der Waals surface area contributed by atoms with Crippen LogP contribution in [0.3, 0.4) is 0 Å². The molecule has 1 amide bonds. The number of methoxy groups -OCH3 is 1. The van der Waals surface area contributed by atoms with Crippen molar-refractivity contribution in [3.8, 4) is 11.5 Å². The van der Waals surface area contributed by atoms with Crippen LogP contribution in [0.25, 0.3) is 10.8 Å². The summed E-state index contributed by atoms with van der Waals surface area (Å²) in [4.78, 5) is 25.1. The second kappa shape index (κ2) is 9.51. The minimum atomic E-state index is -0.512. The fourth-order valence-electron chi connectivity index (χ4n) is 2.87. The van der Waals surface area contributed by atoms with E-state index in [2.05, 4.69) is 22.2 Å². The molecule has 0 radical (unpaired) electrons. The molecular formula is C22H22N4O4. The van der Waals surface area contributed by atoms with E-state index in [1.807, 2.05) is 0 Å². The lowest BCUT2D eigenvalue weighted by molar-refractivity contribution is 0.0949. The van der Waals surface area contributed by atoms with E-state index < -0.39 is 5.91 Å². The van der Waals surface area contributed by atoms with E-state index in [1.165, 1.54) is 18.0 Å². The summed E-state index contributed by atoms with van der Waals surface area (Å²) >= 11 is 0. The molecule has 0 aliphatic carbocycles. The molecule has 0 fully saturated rings. The SMILES string of the molecule is C=CCOc1ccc(/C=N\NC(=O)c2nn(CC)c(=O)c3ccccc23)cc1OC. The number of aromatic nitrogens is 2. The Bertz CT molecular complexity index is 1170. The summed E-state index contributed by atoms with van der Waals surface area (Å²) in [5.41, 5.74) is 3.06. The first-order valence-corrected chi connectivity index (χ1v) is 9.34. The first-order chi connectivity index (χ1) is 14.6. The Kier molecular flexibility index (Phi) is 6.59. The summed E-state index contributed by atoms with van der Waals surface area (Å²) in [5.74, 6) is 0.605. The number of fused-ring (bicyclic) bond motifs is 1. The summed E-state index contributed by atoms with van der Waals surface area (Å²) in [7, 11) is 1.54. The van der Waals surface area contributed by atoms with E-state index in [9.17, 15) is 9.59 Å². The number of hydrazone groups is 1. The van der Waals surface area contributed by atoms with Crippen LogP contribution in [-0.4, -0.2) is 35.6 Å². The maximum atomic E-state index is 12.7. The second-order valence-electron chi connectivity index (χ2n) is 6.22. The Hall–Kier alpha value is -3.94. The van der Waals surface area contributed by atoms with Crippen LogP contribution < -0.4 is 20.5 Å². The molecule has 2 aromatic carbocycles. The average Bonchev–Trinajstić information content (AvgIpc) is 2.78. The van der Waals surface area contributed by atoms with E-state index >= 15 is 0 Å². The maximum Gasteiger partial charge on any atom is 0.292 e. The van der Waals surface area contributed by atoms with Crippen molar-refractivity contribution < 1.29 is 14.3 Å². The van der Waals surface area contributed by atoms with Gasteiger partial charge in [0.2, 0.25) is 0 Å². The van der Waals surface area contributed by atoms with Gasteiger partial charge in [-0.3, -0.25) is 9.59 Å². The van der Waals surface area contributed by atoms with Crippen molar-refractivity contribution in [2.75, 3.05) is 13.7 Å². The van der Waals surface area contributed by atoms with Crippen molar-refractivity contribution in [3.05, 3.63) is 76.7 Å². The second-order valence-corrected chi connectivity index (χ2v) is 6.22. The number of carbonyl (C=O) groups is 1. The fourth-order valence-corrected chi connectivity index (χ4v) is 2.87. The van der Waals surface area contributed by atoms with E-state index in [1.54, 1.807) is 55.5 Å². The minimum absolute atomic E-state index is 0.134. The predicted molar refractivity (Wildman–Crippen MR) is 115 cm³/mol. The standard InChI is InChI=1S/C22H22N4O4/c1-4-12-30-18-11-10-15(13-19(18)29-3)14-23-24-21(27)20-16-8-6-7-9-17(16)22(28)26(5-2)25-20/h4,6-11,13-14H,1,5,12H2,2-3H3,(H,24,27)/b23-14-. The molecule has 3 rings (SSSR count). The molecule has 1 heterocycles. The Morgan fingerprint density at radius 1 is 1.23 bits per heavy atom. The van der Waals surface area contributed by atoms with Crippen LogP contribution in [0.2, 0.25) is 0 Å². The Balaban J connectivity index is 1.82. The number of ether oxygens (including phenoxy) is 2. The lowest BCUT2D eigenvalue weighted by atomic mass is 10.1. The molecule has 0 atom stereocenters. The topological polar surface area (TPSA) is 94.8 Å². The molecule has 8 nitrogen and oxygen atoms in total. The zero-order valence-corrected chi connectivity index (χ0v) is 16.8. The van der Waals surface area contributed by atoms with Crippen LogP contribution in [0.1, 0.15) is 23.0 Å². The maximum absolute atomic E-state index is 12.7. The summed E-state index contributed by atoms with van der Waals surface area (Å²) in [5, 5.41) is 9.10. The number of nitrogens with one attached hydrogen (secondary N) is 1. The third kappa shape index (κ3) is 4.38. The van der Waals surface area contributed by atoms with Gasteiger partial charge in [-0.15, -0.1) is 0 Å². The van der Waals surface area contributed by atoms with Crippen LogP contribution in [0.4, 0.5) is 0 Å². The number of nitrogens with zero attached hydrogens (tertiary/aromatic N) is 3. The first kappa shape index (κ1) is 20.8. The predicted octanol–water partition coefficient (Wildman–Crippen LogP) is 2.75. The summed E-state index contributed by atoms with van der Waals surface area (Å²) < 4.78 is 12.1. The molecule has 8 heteroatoms. The minimum Gasteiger partial charge on any atom is -0.493 e. The Labute approximate surface area is 173 Å². The summed E-state index contributed by atoms with van der Waals surface area (Å²) in [6.07, 6.45) is 3.12. The third-order valence-electron chi connectivity index (χ3n) is 4.31. The molecule has 3 aromatic rings. The van der Waals surface area contributed by atoms with Crippen molar-refractivity contribution >= 4 is 22.9 Å². The zero-order valence-electron chi connectivity index (χ0n) is 16.8. The number of hydrogen-bond donors (Lipinski definition) is 1. The number of hydrogen-bond acceptors (Lipinski definition) is 6. The van der Waals surface area contributed by atoms with Crippen molar-refractivity contribution in [1.29, 1.82) is 0 Å². The van der Waals surface area contributed by atoms with Crippen molar-refractivity contribution in [2.24, 2.45) is 5.10 Å². The van der Waals surface area contributed by atoms with Gasteiger partial charge in [-0.05, 0) is 36.8 Å². The molecule has 0 aliphatic heterocycles. The smallest absolute Gasteiger partial charge is 0.292 e. The van der Waals surface area contributed by atoms with E-state index in [-0.39, 0.29) is 11.3 Å². The van der Waals surface area contributed by atoms with Gasteiger partial charge in [0.15, 0.2) is 17.2 Å². The highest BCUT2D eigenvalue weighted by atomic mass is 16.5. The third-order valence-corrected chi connectivity index (χ3v) is 4.31. The molecular weight excluding hydrogens is 384 g/mol. The molecule has 0 bridgehead atoms. The summed E-state index contributed by atoms with van der Waals surface area (Å²) in [6, 6.07) is 12.1. The van der Waals surface area contributed by atoms with Crippen molar-refractivity contribution in [2.45, 2.75) is 13.5 Å². The van der Waals surface area contributed by atoms with Gasteiger partial charge >= 0.3 is 0 Å². The van der Waals surface area contributed by atoms with Gasteiger partial charge in [-0.1, -0.05) is 30.9 Å². The number of aryl methyl sites for hydroxylation is 1. The first-order valence-electron chi connectivity index (χ1n) is 9.34. The van der Waals surface area contributed by atoms with Gasteiger partial charge in [0.25, 0.3) is 11.5 Å². The molecule has 0 aliphatic rings. The van der Waals surface area contributed by atoms with Crippen LogP contribution in [-0.2, 0) is 6.54 Å². The summed E-state index contributed by atoms with van der Waals surface area (Å²) in [6.45, 7) is 6.12. The highest BCUT2D eigenvalue weighted by molar-refractivity contribution is 6.04. The molecule has 154 valence electrons. The normalized spacial score (nSPS) is 10.9. The number of benzene rings is 2. The lowest BCUT2D eigenvalue weighted by Gasteiger charge is -2.10. The van der Waals surface area contributed by atoms with Crippen molar-refractivity contribution in [3.63, 3.8) is 0 Å².